The number of alkyl halides is 2. The Morgan fingerprint density at radius 2 is 1.89 bits per heavy atom. The van der Waals surface area contributed by atoms with E-state index in [9.17, 15) is 13.9 Å². The zero-order valence-corrected chi connectivity index (χ0v) is 9.89. The van der Waals surface area contributed by atoms with Crippen molar-refractivity contribution in [2.45, 2.75) is 19.1 Å². The highest BCUT2D eigenvalue weighted by Crippen LogP contribution is 2.17. The van der Waals surface area contributed by atoms with Gasteiger partial charge in [-0.3, -0.25) is 0 Å². The second-order valence-electron chi connectivity index (χ2n) is 3.71. The molecule has 0 bridgehead atoms. The zero-order chi connectivity index (χ0) is 13.4. The molecule has 0 aromatic heterocycles. The van der Waals surface area contributed by atoms with Crippen LogP contribution in [0.3, 0.4) is 0 Å². The monoisotopic (exact) mass is 261 g/mol. The van der Waals surface area contributed by atoms with E-state index in [2.05, 4.69) is 4.74 Å². The lowest BCUT2D eigenvalue weighted by Crippen LogP contribution is -2.25. The smallest absolute Gasteiger partial charge is 0.261 e. The molecule has 0 saturated carbocycles. The number of rotatable bonds is 8. The number of hydrogen-bond donors (Lipinski definition) is 2. The van der Waals surface area contributed by atoms with Crippen LogP contribution in [0.5, 0.6) is 5.75 Å². The van der Waals surface area contributed by atoms with Crippen LogP contribution in [-0.2, 0) is 11.3 Å². The first-order valence-electron chi connectivity index (χ1n) is 5.58. The van der Waals surface area contributed by atoms with E-state index in [1.165, 1.54) is 0 Å². The van der Waals surface area contributed by atoms with Gasteiger partial charge in [0.25, 0.3) is 6.43 Å². The van der Waals surface area contributed by atoms with Crippen LogP contribution in [0.1, 0.15) is 5.56 Å². The molecule has 0 saturated heterocycles. The van der Waals surface area contributed by atoms with Crippen LogP contribution < -0.4 is 10.5 Å². The third kappa shape index (κ3) is 5.39. The Labute approximate surface area is 104 Å². The topological polar surface area (TPSA) is 64.7 Å². The predicted octanol–water partition coefficient (Wildman–Crippen LogP) is 1.17. The first kappa shape index (κ1) is 14.8. The molecule has 1 aromatic carbocycles. The van der Waals surface area contributed by atoms with Gasteiger partial charge in [0, 0.05) is 12.1 Å². The van der Waals surface area contributed by atoms with Gasteiger partial charge in [0.1, 0.15) is 25.1 Å². The van der Waals surface area contributed by atoms with E-state index < -0.39 is 19.1 Å². The molecule has 0 radical (unpaired) electrons. The van der Waals surface area contributed by atoms with Gasteiger partial charge < -0.3 is 20.3 Å². The summed E-state index contributed by atoms with van der Waals surface area (Å²) in [5.74, 6) is 0.577. The summed E-state index contributed by atoms with van der Waals surface area (Å²) < 4.78 is 33.5. The van der Waals surface area contributed by atoms with Gasteiger partial charge in [0.05, 0.1) is 6.61 Å². The van der Waals surface area contributed by atoms with Gasteiger partial charge in [0.15, 0.2) is 0 Å². The minimum atomic E-state index is -2.53. The molecule has 6 heteroatoms. The predicted molar refractivity (Wildman–Crippen MR) is 62.7 cm³/mol. The van der Waals surface area contributed by atoms with Gasteiger partial charge >= 0.3 is 0 Å². The van der Waals surface area contributed by atoms with Crippen molar-refractivity contribution < 1.29 is 23.4 Å². The molecular weight excluding hydrogens is 244 g/mol. The fourth-order valence-corrected chi connectivity index (χ4v) is 1.34. The highest BCUT2D eigenvalue weighted by atomic mass is 19.3. The third-order valence-corrected chi connectivity index (χ3v) is 2.18. The molecule has 0 aliphatic heterocycles. The minimum Gasteiger partial charge on any atom is -0.490 e. The highest BCUT2D eigenvalue weighted by Gasteiger charge is 2.09. The molecule has 18 heavy (non-hydrogen) atoms. The van der Waals surface area contributed by atoms with E-state index in [0.29, 0.717) is 12.3 Å². The second kappa shape index (κ2) is 7.97. The fourth-order valence-electron chi connectivity index (χ4n) is 1.34. The van der Waals surface area contributed by atoms with Crippen molar-refractivity contribution in [3.05, 3.63) is 29.8 Å². The van der Waals surface area contributed by atoms with Crippen LogP contribution in [0.25, 0.3) is 0 Å². The summed E-state index contributed by atoms with van der Waals surface area (Å²) in [7, 11) is 0. The lowest BCUT2D eigenvalue weighted by molar-refractivity contribution is -0.0307. The molecule has 1 atom stereocenters. The van der Waals surface area contributed by atoms with Crippen molar-refractivity contribution in [3.8, 4) is 5.75 Å². The molecule has 1 unspecified atom stereocenters. The van der Waals surface area contributed by atoms with Crippen molar-refractivity contribution in [3.63, 3.8) is 0 Å². The number of para-hydroxylation sites is 1. The second-order valence-corrected chi connectivity index (χ2v) is 3.71. The summed E-state index contributed by atoms with van der Waals surface area (Å²) in [5, 5.41) is 9.46. The Hall–Kier alpha value is -1.24. The average Bonchev–Trinajstić information content (AvgIpc) is 2.36. The molecule has 1 rings (SSSR count). The minimum absolute atomic E-state index is 0.0275. The van der Waals surface area contributed by atoms with Crippen LogP contribution in [0.2, 0.25) is 0 Å². The highest BCUT2D eigenvalue weighted by molar-refractivity contribution is 5.32. The summed E-state index contributed by atoms with van der Waals surface area (Å²) in [6.45, 7) is -0.569. The first-order chi connectivity index (χ1) is 8.63. The Balaban J connectivity index is 2.31. The third-order valence-electron chi connectivity index (χ3n) is 2.18. The van der Waals surface area contributed by atoms with E-state index in [1.54, 1.807) is 12.1 Å². The van der Waals surface area contributed by atoms with Crippen molar-refractivity contribution in [1.29, 1.82) is 0 Å². The summed E-state index contributed by atoms with van der Waals surface area (Å²) >= 11 is 0. The summed E-state index contributed by atoms with van der Waals surface area (Å²) in [5.41, 5.74) is 6.34. The zero-order valence-electron chi connectivity index (χ0n) is 9.89. The fraction of sp³-hybridized carbons (Fsp3) is 0.500. The Morgan fingerprint density at radius 3 is 2.56 bits per heavy atom. The number of aliphatic hydroxyl groups excluding tert-OH is 1. The quantitative estimate of drug-likeness (QED) is 0.737. The van der Waals surface area contributed by atoms with Crippen LogP contribution >= 0.6 is 0 Å². The molecule has 0 fully saturated rings. The van der Waals surface area contributed by atoms with Gasteiger partial charge in [-0.25, -0.2) is 8.78 Å². The number of halogens is 2. The van der Waals surface area contributed by atoms with Gasteiger partial charge in [-0.05, 0) is 6.07 Å². The number of aliphatic hydroxyl groups is 1. The summed E-state index contributed by atoms with van der Waals surface area (Å²) in [6, 6.07) is 7.16. The maximum absolute atomic E-state index is 11.8. The summed E-state index contributed by atoms with van der Waals surface area (Å²) in [4.78, 5) is 0. The maximum atomic E-state index is 11.8. The van der Waals surface area contributed by atoms with Crippen LogP contribution in [0.15, 0.2) is 24.3 Å². The SMILES string of the molecule is NCc1ccccc1OCC(O)COCC(F)F. The Kier molecular flexibility index (Phi) is 6.56. The number of hydrogen-bond acceptors (Lipinski definition) is 4. The molecule has 0 aliphatic rings. The summed E-state index contributed by atoms with van der Waals surface area (Å²) in [6.07, 6.45) is -3.48. The molecular formula is C12H17F2NO3. The number of nitrogens with two attached hydrogens (primary N) is 1. The van der Waals surface area contributed by atoms with Crippen LogP contribution in [0.4, 0.5) is 8.78 Å². The Morgan fingerprint density at radius 1 is 1.17 bits per heavy atom. The van der Waals surface area contributed by atoms with Gasteiger partial charge in [-0.1, -0.05) is 18.2 Å². The average molecular weight is 261 g/mol. The molecule has 0 amide bonds. The van der Waals surface area contributed by atoms with Crippen molar-refractivity contribution in [2.24, 2.45) is 5.73 Å². The van der Waals surface area contributed by atoms with Crippen molar-refractivity contribution >= 4 is 0 Å². The molecule has 1 aromatic rings. The lowest BCUT2D eigenvalue weighted by Gasteiger charge is -2.14. The molecule has 0 spiro atoms. The first-order valence-corrected chi connectivity index (χ1v) is 5.58. The standard InChI is InChI=1S/C12H17F2NO3/c13-12(14)8-17-6-10(16)7-18-11-4-2-1-3-9(11)5-15/h1-4,10,12,16H,5-8,15H2. The maximum Gasteiger partial charge on any atom is 0.261 e. The largest absolute Gasteiger partial charge is 0.490 e. The number of benzene rings is 1. The Bertz CT molecular complexity index is 350. The van der Waals surface area contributed by atoms with E-state index in [0.717, 1.165) is 5.56 Å². The van der Waals surface area contributed by atoms with E-state index in [1.807, 2.05) is 12.1 Å². The molecule has 3 N–H and O–H groups in total. The molecule has 4 nitrogen and oxygen atoms in total. The van der Waals surface area contributed by atoms with E-state index in [4.69, 9.17) is 10.5 Å². The normalized spacial score (nSPS) is 12.7. The van der Waals surface area contributed by atoms with E-state index in [-0.39, 0.29) is 13.2 Å². The van der Waals surface area contributed by atoms with Crippen LogP contribution in [0, 0.1) is 0 Å². The lowest BCUT2D eigenvalue weighted by atomic mass is 10.2. The number of ether oxygens (including phenoxy) is 2. The van der Waals surface area contributed by atoms with Gasteiger partial charge in [-0.2, -0.15) is 0 Å². The van der Waals surface area contributed by atoms with Crippen molar-refractivity contribution in [2.75, 3.05) is 19.8 Å². The van der Waals surface area contributed by atoms with Gasteiger partial charge in [-0.15, -0.1) is 0 Å². The molecule has 0 aliphatic carbocycles. The molecule has 102 valence electrons. The van der Waals surface area contributed by atoms with E-state index >= 15 is 0 Å². The molecule has 0 heterocycles. The van der Waals surface area contributed by atoms with Crippen molar-refractivity contribution in [1.82, 2.24) is 0 Å². The van der Waals surface area contributed by atoms with Gasteiger partial charge in [0.2, 0.25) is 0 Å². The van der Waals surface area contributed by atoms with Crippen LogP contribution in [-0.4, -0.2) is 37.5 Å².